The van der Waals surface area contributed by atoms with Crippen LogP contribution >= 0.6 is 0 Å². The number of nitrogens with one attached hydrogen (secondary N) is 1. The molecule has 0 aromatic heterocycles. The lowest BCUT2D eigenvalue weighted by Crippen LogP contribution is -2.37. The zero-order valence-corrected chi connectivity index (χ0v) is 10.7. The Labute approximate surface area is 107 Å². The molecule has 0 saturated heterocycles. The maximum absolute atomic E-state index is 11.6. The van der Waals surface area contributed by atoms with Gasteiger partial charge < -0.3 is 19.9 Å². The van der Waals surface area contributed by atoms with Crippen LogP contribution in [0.5, 0.6) is 0 Å². The van der Waals surface area contributed by atoms with Gasteiger partial charge in [-0.2, -0.15) is 0 Å². The number of methoxy groups -OCH3 is 1. The van der Waals surface area contributed by atoms with Gasteiger partial charge in [-0.1, -0.05) is 0 Å². The molecule has 2 N–H and O–H groups in total. The van der Waals surface area contributed by atoms with Gasteiger partial charge in [0.1, 0.15) is 5.41 Å². The average molecular weight is 259 g/mol. The number of carbonyl (C=O) groups is 2. The third-order valence-electron chi connectivity index (χ3n) is 3.03. The van der Waals surface area contributed by atoms with Crippen molar-refractivity contribution in [2.24, 2.45) is 5.41 Å². The minimum absolute atomic E-state index is 0.352. The number of amides is 1. The Kier molecular flexibility index (Phi) is 6.07. The molecule has 18 heavy (non-hydrogen) atoms. The van der Waals surface area contributed by atoms with E-state index in [1.54, 1.807) is 7.11 Å². The number of ether oxygens (including phenoxy) is 2. The van der Waals surface area contributed by atoms with Crippen LogP contribution < -0.4 is 5.32 Å². The highest BCUT2D eigenvalue weighted by Crippen LogP contribution is 2.45. The number of carboxylic acid groups (broad SMARTS) is 1. The molecule has 1 saturated carbocycles. The lowest BCUT2D eigenvalue weighted by molar-refractivity contribution is -0.149. The molecular weight excluding hydrogens is 238 g/mol. The first kappa shape index (κ1) is 14.9. The summed E-state index contributed by atoms with van der Waals surface area (Å²) in [6, 6.07) is 0. The molecule has 0 aromatic rings. The molecule has 0 heterocycles. The van der Waals surface area contributed by atoms with Crippen molar-refractivity contribution in [3.63, 3.8) is 0 Å². The second kappa shape index (κ2) is 7.33. The number of unbranched alkanes of at least 4 members (excludes halogenated alkanes) is 1. The van der Waals surface area contributed by atoms with Crippen LogP contribution in [0, 0.1) is 5.41 Å². The standard InChI is InChI=1S/C12H21NO5/c1-17-8-9-18-7-3-2-6-13-10(14)12(4-5-12)11(15)16/h2-9H2,1H3,(H,13,14)(H,15,16). The van der Waals surface area contributed by atoms with E-state index in [1.165, 1.54) is 0 Å². The van der Waals surface area contributed by atoms with Gasteiger partial charge in [0.2, 0.25) is 5.91 Å². The Bertz CT molecular complexity index is 288. The van der Waals surface area contributed by atoms with Gasteiger partial charge in [0.25, 0.3) is 0 Å². The van der Waals surface area contributed by atoms with E-state index >= 15 is 0 Å². The number of carboxylic acids is 1. The van der Waals surface area contributed by atoms with Gasteiger partial charge in [-0.05, 0) is 25.7 Å². The highest BCUT2D eigenvalue weighted by Gasteiger charge is 2.56. The largest absolute Gasteiger partial charge is 0.480 e. The fraction of sp³-hybridized carbons (Fsp3) is 0.833. The van der Waals surface area contributed by atoms with Gasteiger partial charge in [0.15, 0.2) is 0 Å². The number of hydrogen-bond donors (Lipinski definition) is 2. The summed E-state index contributed by atoms with van der Waals surface area (Å²) in [7, 11) is 1.62. The maximum Gasteiger partial charge on any atom is 0.319 e. The average Bonchev–Trinajstić information content (AvgIpc) is 3.13. The van der Waals surface area contributed by atoms with Crippen LogP contribution in [0.25, 0.3) is 0 Å². The summed E-state index contributed by atoms with van der Waals surface area (Å²) >= 11 is 0. The summed E-state index contributed by atoms with van der Waals surface area (Å²) in [5, 5.41) is 11.6. The van der Waals surface area contributed by atoms with Crippen LogP contribution in [0.3, 0.4) is 0 Å². The molecule has 1 aliphatic rings. The predicted octanol–water partition coefficient (Wildman–Crippen LogP) is 0.411. The molecule has 6 nitrogen and oxygen atoms in total. The van der Waals surface area contributed by atoms with Gasteiger partial charge in [0.05, 0.1) is 13.2 Å². The fourth-order valence-electron chi connectivity index (χ4n) is 1.61. The van der Waals surface area contributed by atoms with Crippen LogP contribution in [0.4, 0.5) is 0 Å². The highest BCUT2D eigenvalue weighted by atomic mass is 16.5. The van der Waals surface area contributed by atoms with Gasteiger partial charge >= 0.3 is 5.97 Å². The molecule has 1 amide bonds. The van der Waals surface area contributed by atoms with E-state index in [9.17, 15) is 9.59 Å². The molecule has 0 atom stereocenters. The minimum atomic E-state index is -1.13. The summed E-state index contributed by atoms with van der Waals surface area (Å²) in [5.74, 6) is -1.36. The predicted molar refractivity (Wildman–Crippen MR) is 64.2 cm³/mol. The third kappa shape index (κ3) is 4.27. The van der Waals surface area contributed by atoms with Crippen molar-refractivity contribution in [3.05, 3.63) is 0 Å². The number of carbonyl (C=O) groups excluding carboxylic acids is 1. The third-order valence-corrected chi connectivity index (χ3v) is 3.03. The molecule has 1 aliphatic carbocycles. The summed E-state index contributed by atoms with van der Waals surface area (Å²) in [4.78, 5) is 22.5. The zero-order chi connectivity index (χ0) is 13.4. The number of rotatable bonds is 10. The molecule has 0 radical (unpaired) electrons. The van der Waals surface area contributed by atoms with Gasteiger partial charge in [-0.25, -0.2) is 0 Å². The molecule has 6 heteroatoms. The molecule has 1 fully saturated rings. The lowest BCUT2D eigenvalue weighted by Gasteiger charge is -2.10. The minimum Gasteiger partial charge on any atom is -0.480 e. The van der Waals surface area contributed by atoms with Crippen molar-refractivity contribution in [2.45, 2.75) is 25.7 Å². The molecule has 0 aromatic carbocycles. The molecule has 0 spiro atoms. The molecule has 1 rings (SSSR count). The molecule has 0 aliphatic heterocycles. The van der Waals surface area contributed by atoms with Gasteiger partial charge in [-0.3, -0.25) is 9.59 Å². The van der Waals surface area contributed by atoms with E-state index < -0.39 is 11.4 Å². The topological polar surface area (TPSA) is 84.9 Å². The second-order valence-corrected chi connectivity index (χ2v) is 4.46. The van der Waals surface area contributed by atoms with Gasteiger partial charge in [0, 0.05) is 20.3 Å². The van der Waals surface area contributed by atoms with Gasteiger partial charge in [-0.15, -0.1) is 0 Å². The first-order valence-electron chi connectivity index (χ1n) is 6.22. The highest BCUT2D eigenvalue weighted by molar-refractivity contribution is 6.04. The first-order chi connectivity index (χ1) is 8.63. The Morgan fingerprint density at radius 1 is 1.22 bits per heavy atom. The van der Waals surface area contributed by atoms with E-state index in [0.29, 0.717) is 39.2 Å². The molecule has 0 unspecified atom stereocenters. The first-order valence-corrected chi connectivity index (χ1v) is 6.22. The van der Waals surface area contributed by atoms with E-state index in [0.717, 1.165) is 12.8 Å². The zero-order valence-electron chi connectivity index (χ0n) is 10.7. The summed E-state index contributed by atoms with van der Waals surface area (Å²) in [5.41, 5.74) is -1.13. The normalized spacial score (nSPS) is 16.3. The molecule has 0 bridgehead atoms. The van der Waals surface area contributed by atoms with Crippen molar-refractivity contribution >= 4 is 11.9 Å². The van der Waals surface area contributed by atoms with Crippen LogP contribution in [-0.2, 0) is 19.1 Å². The lowest BCUT2D eigenvalue weighted by atomic mass is 10.1. The van der Waals surface area contributed by atoms with Crippen LogP contribution in [0.1, 0.15) is 25.7 Å². The van der Waals surface area contributed by atoms with Crippen LogP contribution in [-0.4, -0.2) is 50.5 Å². The maximum atomic E-state index is 11.6. The summed E-state index contributed by atoms with van der Waals surface area (Å²) < 4.78 is 10.1. The second-order valence-electron chi connectivity index (χ2n) is 4.46. The van der Waals surface area contributed by atoms with Crippen molar-refractivity contribution in [1.29, 1.82) is 0 Å². The Balaban J connectivity index is 1.98. The quantitative estimate of drug-likeness (QED) is 0.438. The van der Waals surface area contributed by atoms with Crippen molar-refractivity contribution < 1.29 is 24.2 Å². The van der Waals surface area contributed by atoms with Crippen molar-refractivity contribution in [2.75, 3.05) is 33.5 Å². The molecule has 104 valence electrons. The van der Waals surface area contributed by atoms with E-state index in [-0.39, 0.29) is 5.91 Å². The number of hydrogen-bond acceptors (Lipinski definition) is 4. The Morgan fingerprint density at radius 3 is 2.50 bits per heavy atom. The van der Waals surface area contributed by atoms with Crippen LogP contribution in [0.2, 0.25) is 0 Å². The Hall–Kier alpha value is -1.14. The van der Waals surface area contributed by atoms with Crippen LogP contribution in [0.15, 0.2) is 0 Å². The summed E-state index contributed by atoms with van der Waals surface area (Å²) in [6.45, 7) is 2.29. The monoisotopic (exact) mass is 259 g/mol. The SMILES string of the molecule is COCCOCCCCNC(=O)C1(C(=O)O)CC1. The fourth-order valence-corrected chi connectivity index (χ4v) is 1.61. The van der Waals surface area contributed by atoms with E-state index in [2.05, 4.69) is 5.32 Å². The van der Waals surface area contributed by atoms with E-state index in [1.807, 2.05) is 0 Å². The van der Waals surface area contributed by atoms with Crippen molar-refractivity contribution in [3.8, 4) is 0 Å². The van der Waals surface area contributed by atoms with Crippen molar-refractivity contribution in [1.82, 2.24) is 5.32 Å². The summed E-state index contributed by atoms with van der Waals surface area (Å²) in [6.07, 6.45) is 2.53. The van der Waals surface area contributed by atoms with E-state index in [4.69, 9.17) is 14.6 Å². The smallest absolute Gasteiger partial charge is 0.319 e. The Morgan fingerprint density at radius 2 is 1.94 bits per heavy atom. The number of aliphatic carboxylic acids is 1. The molecular formula is C12H21NO5.